The molecule has 5 nitrogen and oxygen atoms in total. The zero-order valence-electron chi connectivity index (χ0n) is 10.7. The van der Waals surface area contributed by atoms with Gasteiger partial charge >= 0.3 is 0 Å². The topological polar surface area (TPSA) is 76.0 Å². The van der Waals surface area contributed by atoms with Crippen LogP contribution in [0, 0.1) is 0 Å². The molecule has 0 saturated carbocycles. The summed E-state index contributed by atoms with van der Waals surface area (Å²) < 4.78 is 5.61. The van der Waals surface area contributed by atoms with E-state index < -0.39 is 0 Å². The quantitative estimate of drug-likeness (QED) is 0.709. The molecule has 2 unspecified atom stereocenters. The van der Waals surface area contributed by atoms with Gasteiger partial charge in [0.2, 0.25) is 5.95 Å². The lowest BCUT2D eigenvalue weighted by molar-refractivity contribution is 0.105. The van der Waals surface area contributed by atoms with Crippen molar-refractivity contribution in [2.75, 3.05) is 17.7 Å². The maximum absolute atomic E-state index is 5.76. The average Bonchev–Trinajstić information content (AvgIpc) is 2.83. The van der Waals surface area contributed by atoms with Crippen LogP contribution in [0.5, 0.6) is 0 Å². The number of nitrogens with zero attached hydrogens (tertiary/aromatic N) is 1. The lowest BCUT2D eigenvalue weighted by Gasteiger charge is -2.28. The first-order chi connectivity index (χ1) is 8.57. The van der Waals surface area contributed by atoms with Crippen LogP contribution in [0.3, 0.4) is 0 Å². The van der Waals surface area contributed by atoms with E-state index in [9.17, 15) is 0 Å². The standard InChI is InChI=1S/C13H18N4O/c1-8-13(2,5-6-18-8)17-12-15-10-4-3-9(14)7-11(10)16-12/h3-4,7-8H,5-6,14H2,1-2H3,(H2,15,16,17). The maximum Gasteiger partial charge on any atom is 0.201 e. The Bertz CT molecular complexity index is 579. The van der Waals surface area contributed by atoms with Gasteiger partial charge in [-0.05, 0) is 38.5 Å². The summed E-state index contributed by atoms with van der Waals surface area (Å²) in [6, 6.07) is 5.67. The molecule has 0 aliphatic carbocycles. The Morgan fingerprint density at radius 3 is 3.11 bits per heavy atom. The Morgan fingerprint density at radius 1 is 1.56 bits per heavy atom. The molecule has 0 radical (unpaired) electrons. The molecule has 4 N–H and O–H groups in total. The molecule has 1 aromatic heterocycles. The zero-order valence-corrected chi connectivity index (χ0v) is 10.7. The Labute approximate surface area is 106 Å². The molecule has 1 aliphatic heterocycles. The fourth-order valence-corrected chi connectivity index (χ4v) is 2.36. The maximum atomic E-state index is 5.76. The molecule has 1 fully saturated rings. The van der Waals surface area contributed by atoms with Crippen molar-refractivity contribution < 1.29 is 4.74 Å². The second-order valence-electron chi connectivity index (χ2n) is 5.17. The van der Waals surface area contributed by atoms with Crippen molar-refractivity contribution in [1.82, 2.24) is 9.97 Å². The highest BCUT2D eigenvalue weighted by Gasteiger charge is 2.37. The summed E-state index contributed by atoms with van der Waals surface area (Å²) >= 11 is 0. The van der Waals surface area contributed by atoms with Gasteiger partial charge < -0.3 is 20.8 Å². The third-order valence-corrected chi connectivity index (χ3v) is 3.80. The average molecular weight is 246 g/mol. The largest absolute Gasteiger partial charge is 0.399 e. The minimum Gasteiger partial charge on any atom is -0.399 e. The van der Waals surface area contributed by atoms with Gasteiger partial charge in [0.05, 0.1) is 22.7 Å². The molecule has 2 atom stereocenters. The van der Waals surface area contributed by atoms with Crippen LogP contribution in [0.4, 0.5) is 11.6 Å². The van der Waals surface area contributed by atoms with E-state index in [1.54, 1.807) is 0 Å². The number of ether oxygens (including phenoxy) is 1. The minimum absolute atomic E-state index is 0.0700. The molecule has 1 aliphatic rings. The van der Waals surface area contributed by atoms with E-state index in [1.807, 2.05) is 18.2 Å². The number of nitrogen functional groups attached to an aromatic ring is 1. The van der Waals surface area contributed by atoms with E-state index >= 15 is 0 Å². The number of fused-ring (bicyclic) bond motifs is 1. The monoisotopic (exact) mass is 246 g/mol. The lowest BCUT2D eigenvalue weighted by Crippen LogP contribution is -2.41. The number of hydrogen-bond acceptors (Lipinski definition) is 4. The molecular formula is C13H18N4O. The van der Waals surface area contributed by atoms with Gasteiger partial charge in [0.25, 0.3) is 0 Å². The number of H-pyrrole nitrogens is 1. The molecule has 5 heteroatoms. The number of nitrogens with one attached hydrogen (secondary N) is 2. The van der Waals surface area contributed by atoms with Gasteiger partial charge in [0, 0.05) is 12.3 Å². The SMILES string of the molecule is CC1OCCC1(C)Nc1nc2ccc(N)cc2[nH]1. The first-order valence-corrected chi connectivity index (χ1v) is 6.22. The van der Waals surface area contributed by atoms with Crippen molar-refractivity contribution in [3.05, 3.63) is 18.2 Å². The summed E-state index contributed by atoms with van der Waals surface area (Å²) in [7, 11) is 0. The van der Waals surface area contributed by atoms with E-state index in [2.05, 4.69) is 29.1 Å². The second kappa shape index (κ2) is 3.88. The van der Waals surface area contributed by atoms with E-state index in [0.717, 1.165) is 35.7 Å². The molecular weight excluding hydrogens is 228 g/mol. The summed E-state index contributed by atoms with van der Waals surface area (Å²) in [6.07, 6.45) is 1.16. The van der Waals surface area contributed by atoms with Crippen LogP contribution in [0.25, 0.3) is 11.0 Å². The normalized spacial score (nSPS) is 27.8. The van der Waals surface area contributed by atoms with Gasteiger partial charge in [-0.25, -0.2) is 4.98 Å². The third kappa shape index (κ3) is 1.80. The molecule has 2 heterocycles. The van der Waals surface area contributed by atoms with Crippen LogP contribution in [0.15, 0.2) is 18.2 Å². The van der Waals surface area contributed by atoms with Crippen LogP contribution in [0.1, 0.15) is 20.3 Å². The number of rotatable bonds is 2. The van der Waals surface area contributed by atoms with Crippen LogP contribution in [-0.4, -0.2) is 28.2 Å². The van der Waals surface area contributed by atoms with E-state index in [-0.39, 0.29) is 11.6 Å². The summed E-state index contributed by atoms with van der Waals surface area (Å²) in [5.74, 6) is 0.774. The van der Waals surface area contributed by atoms with Gasteiger partial charge in [-0.15, -0.1) is 0 Å². The van der Waals surface area contributed by atoms with Crippen LogP contribution < -0.4 is 11.1 Å². The highest BCUT2D eigenvalue weighted by molar-refractivity contribution is 5.80. The first kappa shape index (κ1) is 11.3. The number of anilines is 2. The number of hydrogen-bond donors (Lipinski definition) is 3. The molecule has 0 amide bonds. The zero-order chi connectivity index (χ0) is 12.8. The van der Waals surface area contributed by atoms with Gasteiger partial charge in [-0.3, -0.25) is 0 Å². The summed E-state index contributed by atoms with van der Waals surface area (Å²) in [6.45, 7) is 5.03. The van der Waals surface area contributed by atoms with E-state index in [4.69, 9.17) is 10.5 Å². The minimum atomic E-state index is -0.0700. The molecule has 1 saturated heterocycles. The van der Waals surface area contributed by atoms with Gasteiger partial charge in [0.1, 0.15) is 0 Å². The van der Waals surface area contributed by atoms with Crippen molar-refractivity contribution in [2.24, 2.45) is 0 Å². The van der Waals surface area contributed by atoms with Crippen LogP contribution >= 0.6 is 0 Å². The van der Waals surface area contributed by atoms with Crippen molar-refractivity contribution in [2.45, 2.75) is 31.9 Å². The summed E-state index contributed by atoms with van der Waals surface area (Å²) in [5, 5.41) is 3.44. The smallest absolute Gasteiger partial charge is 0.201 e. The van der Waals surface area contributed by atoms with Crippen molar-refractivity contribution in [3.63, 3.8) is 0 Å². The van der Waals surface area contributed by atoms with Crippen molar-refractivity contribution in [1.29, 1.82) is 0 Å². The lowest BCUT2D eigenvalue weighted by atomic mass is 9.95. The van der Waals surface area contributed by atoms with Crippen molar-refractivity contribution in [3.8, 4) is 0 Å². The number of aromatic nitrogens is 2. The molecule has 18 heavy (non-hydrogen) atoms. The highest BCUT2D eigenvalue weighted by Crippen LogP contribution is 2.29. The Morgan fingerprint density at radius 2 is 2.39 bits per heavy atom. The Hall–Kier alpha value is -1.75. The van der Waals surface area contributed by atoms with Crippen molar-refractivity contribution >= 4 is 22.7 Å². The molecule has 96 valence electrons. The molecule has 3 rings (SSSR count). The number of aromatic amines is 1. The van der Waals surface area contributed by atoms with Crippen LogP contribution in [-0.2, 0) is 4.74 Å². The van der Waals surface area contributed by atoms with Gasteiger partial charge in [-0.2, -0.15) is 0 Å². The predicted octanol–water partition coefficient (Wildman–Crippen LogP) is 2.12. The van der Waals surface area contributed by atoms with Gasteiger partial charge in [-0.1, -0.05) is 0 Å². The third-order valence-electron chi connectivity index (χ3n) is 3.80. The number of benzene rings is 1. The highest BCUT2D eigenvalue weighted by atomic mass is 16.5. The summed E-state index contributed by atoms with van der Waals surface area (Å²) in [4.78, 5) is 7.77. The second-order valence-corrected chi connectivity index (χ2v) is 5.17. The predicted molar refractivity (Wildman–Crippen MR) is 72.6 cm³/mol. The first-order valence-electron chi connectivity index (χ1n) is 6.22. The van der Waals surface area contributed by atoms with E-state index in [1.165, 1.54) is 0 Å². The van der Waals surface area contributed by atoms with E-state index in [0.29, 0.717) is 0 Å². The molecule has 2 aromatic rings. The van der Waals surface area contributed by atoms with Gasteiger partial charge in [0.15, 0.2) is 0 Å². The Kier molecular flexibility index (Phi) is 2.45. The fraction of sp³-hybridized carbons (Fsp3) is 0.462. The van der Waals surface area contributed by atoms with Crippen LogP contribution in [0.2, 0.25) is 0 Å². The molecule has 0 bridgehead atoms. The molecule has 1 aromatic carbocycles. The Balaban J connectivity index is 1.91. The fourth-order valence-electron chi connectivity index (χ4n) is 2.36. The summed E-state index contributed by atoms with van der Waals surface area (Å²) in [5.41, 5.74) is 8.29. The number of nitrogens with two attached hydrogens (primary N) is 1. The molecule has 0 spiro atoms. The number of imidazole rings is 1.